The van der Waals surface area contributed by atoms with Crippen LogP contribution in [0.4, 0.5) is 11.4 Å². The van der Waals surface area contributed by atoms with Crippen LogP contribution in [0.1, 0.15) is 28.8 Å². The third kappa shape index (κ3) is 4.37. The SMILES string of the molecule is COc1cc(C(=O)NCc2cccc(N3CCCC3=O)c2)c([N+](=O)[O-])c(OC)c1OC. The number of amides is 2. The van der Waals surface area contributed by atoms with Gasteiger partial charge >= 0.3 is 5.69 Å². The number of ether oxygens (including phenoxy) is 3. The Labute approximate surface area is 178 Å². The van der Waals surface area contributed by atoms with Crippen LogP contribution in [-0.4, -0.2) is 44.6 Å². The molecule has 0 spiro atoms. The molecule has 0 saturated carbocycles. The first kappa shape index (κ1) is 21.9. The Bertz CT molecular complexity index is 1020. The predicted octanol–water partition coefficient (Wildman–Crippen LogP) is 2.68. The van der Waals surface area contributed by atoms with Gasteiger partial charge in [-0.05, 0) is 24.1 Å². The zero-order valence-electron chi connectivity index (χ0n) is 17.5. The second-order valence-corrected chi connectivity index (χ2v) is 6.80. The van der Waals surface area contributed by atoms with E-state index in [4.69, 9.17) is 14.2 Å². The minimum atomic E-state index is -0.699. The van der Waals surface area contributed by atoms with Gasteiger partial charge in [0, 0.05) is 31.3 Å². The van der Waals surface area contributed by atoms with Crippen LogP contribution in [0.5, 0.6) is 17.2 Å². The van der Waals surface area contributed by atoms with Crippen molar-refractivity contribution in [2.45, 2.75) is 19.4 Å². The number of methoxy groups -OCH3 is 3. The van der Waals surface area contributed by atoms with Gasteiger partial charge in [-0.3, -0.25) is 19.7 Å². The summed E-state index contributed by atoms with van der Waals surface area (Å²) in [6, 6.07) is 8.48. The molecule has 2 aromatic rings. The highest BCUT2D eigenvalue weighted by Crippen LogP contribution is 2.46. The third-order valence-electron chi connectivity index (χ3n) is 4.98. The molecule has 31 heavy (non-hydrogen) atoms. The van der Waals surface area contributed by atoms with Gasteiger partial charge in [-0.25, -0.2) is 0 Å². The van der Waals surface area contributed by atoms with E-state index in [0.717, 1.165) is 17.7 Å². The molecular weight excluding hydrogens is 406 g/mol. The lowest BCUT2D eigenvalue weighted by molar-refractivity contribution is -0.386. The van der Waals surface area contributed by atoms with Crippen molar-refractivity contribution in [2.75, 3.05) is 32.8 Å². The fourth-order valence-electron chi connectivity index (χ4n) is 3.53. The molecule has 3 rings (SSSR count). The van der Waals surface area contributed by atoms with Crippen molar-refractivity contribution in [1.29, 1.82) is 0 Å². The third-order valence-corrected chi connectivity index (χ3v) is 4.98. The summed E-state index contributed by atoms with van der Waals surface area (Å²) in [7, 11) is 3.93. The van der Waals surface area contributed by atoms with Crippen molar-refractivity contribution >= 4 is 23.2 Å². The average molecular weight is 429 g/mol. The molecule has 1 heterocycles. The summed E-state index contributed by atoms with van der Waals surface area (Å²) >= 11 is 0. The fourth-order valence-corrected chi connectivity index (χ4v) is 3.53. The molecule has 10 nitrogen and oxygen atoms in total. The van der Waals surface area contributed by atoms with Gasteiger partial charge < -0.3 is 24.4 Å². The van der Waals surface area contributed by atoms with Gasteiger partial charge in [0.05, 0.1) is 26.3 Å². The van der Waals surface area contributed by atoms with Crippen LogP contribution in [0.3, 0.4) is 0 Å². The van der Waals surface area contributed by atoms with Crippen LogP contribution >= 0.6 is 0 Å². The number of anilines is 1. The summed E-state index contributed by atoms with van der Waals surface area (Å²) in [4.78, 5) is 37.5. The van der Waals surface area contributed by atoms with E-state index in [0.29, 0.717) is 13.0 Å². The highest BCUT2D eigenvalue weighted by Gasteiger charge is 2.32. The Kier molecular flexibility index (Phi) is 6.58. The number of carbonyl (C=O) groups excluding carboxylic acids is 2. The molecule has 0 aromatic heterocycles. The summed E-state index contributed by atoms with van der Waals surface area (Å²) in [6.45, 7) is 0.773. The van der Waals surface area contributed by atoms with Crippen LogP contribution in [0, 0.1) is 10.1 Å². The van der Waals surface area contributed by atoms with Crippen LogP contribution in [0.15, 0.2) is 30.3 Å². The molecule has 1 N–H and O–H groups in total. The summed E-state index contributed by atoms with van der Waals surface area (Å²) < 4.78 is 15.5. The molecule has 10 heteroatoms. The normalized spacial score (nSPS) is 13.1. The van der Waals surface area contributed by atoms with E-state index in [1.807, 2.05) is 12.1 Å². The van der Waals surface area contributed by atoms with E-state index >= 15 is 0 Å². The summed E-state index contributed by atoms with van der Waals surface area (Å²) in [5.74, 6) is -0.657. The van der Waals surface area contributed by atoms with E-state index in [9.17, 15) is 19.7 Å². The Hall–Kier alpha value is -3.82. The first-order valence-electron chi connectivity index (χ1n) is 9.56. The topological polar surface area (TPSA) is 120 Å². The molecule has 2 aromatic carbocycles. The van der Waals surface area contributed by atoms with Crippen LogP contribution in [0.2, 0.25) is 0 Å². The number of hydrogen-bond donors (Lipinski definition) is 1. The minimum Gasteiger partial charge on any atom is -0.493 e. The molecule has 2 amide bonds. The number of nitrogens with zero attached hydrogens (tertiary/aromatic N) is 2. The number of nitro groups is 1. The Morgan fingerprint density at radius 3 is 2.48 bits per heavy atom. The molecule has 0 radical (unpaired) electrons. The number of hydrogen-bond acceptors (Lipinski definition) is 7. The highest BCUT2D eigenvalue weighted by molar-refractivity contribution is 6.00. The second kappa shape index (κ2) is 9.33. The summed E-state index contributed by atoms with van der Waals surface area (Å²) in [5.41, 5.74) is 0.771. The van der Waals surface area contributed by atoms with Gasteiger partial charge in [0.2, 0.25) is 17.4 Å². The van der Waals surface area contributed by atoms with Crippen molar-refractivity contribution in [3.05, 3.63) is 51.6 Å². The number of nitrogens with one attached hydrogen (secondary N) is 1. The van der Waals surface area contributed by atoms with Crippen LogP contribution < -0.4 is 24.4 Å². The fraction of sp³-hybridized carbons (Fsp3) is 0.333. The van der Waals surface area contributed by atoms with Crippen molar-refractivity contribution in [3.63, 3.8) is 0 Å². The molecule has 0 aliphatic carbocycles. The second-order valence-electron chi connectivity index (χ2n) is 6.80. The lowest BCUT2D eigenvalue weighted by Gasteiger charge is -2.17. The van der Waals surface area contributed by atoms with Gasteiger partial charge in [-0.2, -0.15) is 0 Å². The maximum atomic E-state index is 12.8. The van der Waals surface area contributed by atoms with Crippen molar-refractivity contribution in [2.24, 2.45) is 0 Å². The monoisotopic (exact) mass is 429 g/mol. The van der Waals surface area contributed by atoms with Gasteiger partial charge in [0.15, 0.2) is 5.75 Å². The Morgan fingerprint density at radius 1 is 1.16 bits per heavy atom. The molecular formula is C21H23N3O7. The van der Waals surface area contributed by atoms with Gasteiger partial charge in [-0.15, -0.1) is 0 Å². The molecule has 0 unspecified atom stereocenters. The zero-order valence-corrected chi connectivity index (χ0v) is 17.5. The van der Waals surface area contributed by atoms with Crippen molar-refractivity contribution in [3.8, 4) is 17.2 Å². The molecule has 1 fully saturated rings. The Balaban J connectivity index is 1.87. The van der Waals surface area contributed by atoms with Gasteiger partial charge in [0.25, 0.3) is 5.91 Å². The predicted molar refractivity (Wildman–Crippen MR) is 112 cm³/mol. The first-order valence-corrected chi connectivity index (χ1v) is 9.56. The number of carbonyl (C=O) groups is 2. The lowest BCUT2D eigenvalue weighted by atomic mass is 10.1. The maximum absolute atomic E-state index is 12.8. The molecule has 0 bridgehead atoms. The highest BCUT2D eigenvalue weighted by atomic mass is 16.6. The van der Waals surface area contributed by atoms with Crippen LogP contribution in [0.25, 0.3) is 0 Å². The average Bonchev–Trinajstić information content (AvgIpc) is 3.21. The molecule has 1 aliphatic heterocycles. The molecule has 164 valence electrons. The van der Waals surface area contributed by atoms with E-state index in [-0.39, 0.29) is 35.3 Å². The van der Waals surface area contributed by atoms with E-state index in [1.54, 1.807) is 17.0 Å². The number of benzene rings is 2. The minimum absolute atomic E-state index is 0.0243. The lowest BCUT2D eigenvalue weighted by Crippen LogP contribution is -2.25. The number of nitro benzene ring substituents is 1. The summed E-state index contributed by atoms with van der Waals surface area (Å²) in [5, 5.41) is 14.4. The zero-order chi connectivity index (χ0) is 22.5. The van der Waals surface area contributed by atoms with Crippen LogP contribution in [-0.2, 0) is 11.3 Å². The van der Waals surface area contributed by atoms with E-state index in [2.05, 4.69) is 5.32 Å². The van der Waals surface area contributed by atoms with E-state index in [1.165, 1.54) is 27.4 Å². The first-order chi connectivity index (χ1) is 14.9. The summed E-state index contributed by atoms with van der Waals surface area (Å²) in [6.07, 6.45) is 1.33. The molecule has 1 saturated heterocycles. The quantitative estimate of drug-likeness (QED) is 0.506. The standard InChI is InChI=1S/C21H23N3O7/c1-29-16-11-15(18(24(27)28)20(31-3)19(16)30-2)21(26)22-12-13-6-4-7-14(10-13)23-9-5-8-17(23)25/h4,6-7,10-11H,5,8-9,12H2,1-3H3,(H,22,26). The largest absolute Gasteiger partial charge is 0.493 e. The molecule has 0 atom stereocenters. The number of rotatable bonds is 8. The van der Waals surface area contributed by atoms with Crippen molar-refractivity contribution in [1.82, 2.24) is 5.32 Å². The maximum Gasteiger partial charge on any atom is 0.327 e. The Morgan fingerprint density at radius 2 is 1.90 bits per heavy atom. The smallest absolute Gasteiger partial charge is 0.327 e. The van der Waals surface area contributed by atoms with Gasteiger partial charge in [0.1, 0.15) is 5.56 Å². The molecule has 1 aliphatic rings. The van der Waals surface area contributed by atoms with Gasteiger partial charge in [-0.1, -0.05) is 12.1 Å². The van der Waals surface area contributed by atoms with E-state index < -0.39 is 16.5 Å². The van der Waals surface area contributed by atoms with Crippen molar-refractivity contribution < 1.29 is 28.7 Å².